The van der Waals surface area contributed by atoms with Crippen molar-refractivity contribution in [2.75, 3.05) is 0 Å². The maximum absolute atomic E-state index is 10.7. The molecule has 1 N–H and O–H groups in total. The van der Waals surface area contributed by atoms with Crippen LogP contribution in [-0.2, 0) is 0 Å². The zero-order valence-electron chi connectivity index (χ0n) is 22.0. The van der Waals surface area contributed by atoms with E-state index in [2.05, 4.69) is 82.9 Å². The van der Waals surface area contributed by atoms with Crippen molar-refractivity contribution in [3.63, 3.8) is 0 Å². The summed E-state index contributed by atoms with van der Waals surface area (Å²) in [4.78, 5) is 0. The third kappa shape index (κ3) is 10.2. The van der Waals surface area contributed by atoms with Crippen LogP contribution in [0.15, 0.2) is 34.5 Å². The second-order valence-corrected chi connectivity index (χ2v) is 23.9. The number of rotatable bonds is 17. The Morgan fingerprint density at radius 3 is 1.94 bits per heavy atom. The minimum atomic E-state index is -2.12. The standard InChI is InChI=1S/C17H27O.3C4H9.Sn/c1-6-9-13(3)17(4,5)16(18)11-8-10-15-12-14(15)7-2;3*1-3-4-2;/h2,6-10,13-16,18H,11-12H2,1,3-5H3;3*1,3-4H2,2H3;/b7-2?,9-6+,10-8-;;;;/t13-,14+,15-,16-;;;;/m0..../s1. The molecule has 2 heteroatoms. The van der Waals surface area contributed by atoms with Gasteiger partial charge < -0.3 is 0 Å². The Kier molecular flexibility index (Phi) is 14.0. The van der Waals surface area contributed by atoms with E-state index in [4.69, 9.17) is 0 Å². The van der Waals surface area contributed by atoms with Gasteiger partial charge in [-0.15, -0.1) is 0 Å². The van der Waals surface area contributed by atoms with E-state index in [1.54, 1.807) is 13.3 Å². The summed E-state index contributed by atoms with van der Waals surface area (Å²) in [6.07, 6.45) is 21.8. The van der Waals surface area contributed by atoms with Gasteiger partial charge >= 0.3 is 193 Å². The molecular formula is C29H54OSn. The normalized spacial score (nSPS) is 22.1. The van der Waals surface area contributed by atoms with E-state index in [9.17, 15) is 5.11 Å². The van der Waals surface area contributed by atoms with Crippen molar-refractivity contribution < 1.29 is 5.11 Å². The van der Waals surface area contributed by atoms with Crippen LogP contribution in [0.1, 0.15) is 99.8 Å². The van der Waals surface area contributed by atoms with Crippen LogP contribution < -0.4 is 0 Å². The Bertz CT molecular complexity index is 537. The molecule has 1 aliphatic rings. The van der Waals surface area contributed by atoms with Crippen molar-refractivity contribution in [2.45, 2.75) is 119 Å². The molecule has 31 heavy (non-hydrogen) atoms. The molecule has 180 valence electrons. The van der Waals surface area contributed by atoms with Gasteiger partial charge in [0, 0.05) is 0 Å². The molecular weight excluding hydrogens is 483 g/mol. The summed E-state index contributed by atoms with van der Waals surface area (Å²) in [6, 6.07) is 0. The fourth-order valence-corrected chi connectivity index (χ4v) is 19.2. The molecule has 0 aliphatic heterocycles. The summed E-state index contributed by atoms with van der Waals surface area (Å²) < 4.78 is 7.56. The van der Waals surface area contributed by atoms with Gasteiger partial charge in [0.05, 0.1) is 0 Å². The van der Waals surface area contributed by atoms with Crippen molar-refractivity contribution in [3.8, 4) is 0 Å². The van der Waals surface area contributed by atoms with Crippen molar-refractivity contribution in [2.24, 2.45) is 23.2 Å². The SMILES string of the molecule is C/C=C/[C@H](C)C(C)(C)[C@@H](O)C/C=C\[C@H]1C[C@H]1/C=[CH]/[Sn]([CH2]CCC)([CH2]CCC)[CH2]CCC. The van der Waals surface area contributed by atoms with E-state index in [0.29, 0.717) is 11.8 Å². The predicted molar refractivity (Wildman–Crippen MR) is 143 cm³/mol. The topological polar surface area (TPSA) is 20.2 Å². The number of aliphatic hydroxyl groups is 1. The molecule has 1 nitrogen and oxygen atoms in total. The minimum absolute atomic E-state index is 0.0917. The molecule has 1 saturated carbocycles. The van der Waals surface area contributed by atoms with Gasteiger partial charge in [-0.25, -0.2) is 0 Å². The molecule has 0 unspecified atom stereocenters. The third-order valence-electron chi connectivity index (χ3n) is 7.93. The van der Waals surface area contributed by atoms with Gasteiger partial charge in [-0.3, -0.25) is 0 Å². The molecule has 1 rings (SSSR count). The summed E-state index contributed by atoms with van der Waals surface area (Å²) >= 11 is -2.12. The van der Waals surface area contributed by atoms with Crippen LogP contribution in [0.3, 0.4) is 0 Å². The van der Waals surface area contributed by atoms with Crippen LogP contribution >= 0.6 is 0 Å². The average molecular weight is 537 g/mol. The molecule has 0 spiro atoms. The Morgan fingerprint density at radius 2 is 1.45 bits per heavy atom. The van der Waals surface area contributed by atoms with Crippen LogP contribution in [0.4, 0.5) is 0 Å². The van der Waals surface area contributed by atoms with E-state index in [0.717, 1.165) is 12.3 Å². The first kappa shape index (κ1) is 29.0. The quantitative estimate of drug-likeness (QED) is 0.145. The van der Waals surface area contributed by atoms with Gasteiger partial charge in [-0.05, 0) is 6.92 Å². The Labute approximate surface area is 199 Å². The molecule has 1 aliphatic carbocycles. The molecule has 4 atom stereocenters. The van der Waals surface area contributed by atoms with E-state index in [1.165, 1.54) is 44.9 Å². The van der Waals surface area contributed by atoms with Crippen LogP contribution in [-0.4, -0.2) is 29.6 Å². The predicted octanol–water partition coefficient (Wildman–Crippen LogP) is 9.11. The molecule has 1 fully saturated rings. The van der Waals surface area contributed by atoms with Crippen LogP contribution in [0, 0.1) is 23.2 Å². The summed E-state index contributed by atoms with van der Waals surface area (Å²) in [7, 11) is 0. The zero-order chi connectivity index (χ0) is 23.3. The van der Waals surface area contributed by atoms with Gasteiger partial charge in [0.25, 0.3) is 0 Å². The Morgan fingerprint density at radius 1 is 0.935 bits per heavy atom. The van der Waals surface area contributed by atoms with E-state index in [-0.39, 0.29) is 11.5 Å². The summed E-state index contributed by atoms with van der Waals surface area (Å²) in [5, 5.41) is 10.7. The second kappa shape index (κ2) is 15.0. The van der Waals surface area contributed by atoms with Crippen molar-refractivity contribution >= 4 is 18.4 Å². The van der Waals surface area contributed by atoms with Crippen LogP contribution in [0.2, 0.25) is 13.3 Å². The first-order valence-electron chi connectivity index (χ1n) is 13.4. The number of unbranched alkanes of at least 4 members (excludes halogenated alkanes) is 3. The molecule has 0 bridgehead atoms. The fourth-order valence-electron chi connectivity index (χ4n) is 4.74. The van der Waals surface area contributed by atoms with Crippen molar-refractivity contribution in [1.29, 1.82) is 0 Å². The third-order valence-corrected chi connectivity index (χ3v) is 22.0. The number of aliphatic hydroxyl groups excluding tert-OH is 1. The van der Waals surface area contributed by atoms with E-state index in [1.807, 2.05) is 0 Å². The number of hydrogen-bond acceptors (Lipinski definition) is 1. The van der Waals surface area contributed by atoms with Gasteiger partial charge in [-0.1, -0.05) is 0 Å². The molecule has 0 heterocycles. The van der Waals surface area contributed by atoms with Crippen LogP contribution in [0.25, 0.3) is 0 Å². The van der Waals surface area contributed by atoms with Gasteiger partial charge in [-0.2, -0.15) is 0 Å². The summed E-state index contributed by atoms with van der Waals surface area (Å²) in [6.45, 7) is 15.7. The molecule has 0 amide bonds. The summed E-state index contributed by atoms with van der Waals surface area (Å²) in [5.41, 5.74) is -0.0917. The van der Waals surface area contributed by atoms with Gasteiger partial charge in [0.15, 0.2) is 0 Å². The average Bonchev–Trinajstić information content (AvgIpc) is 3.51. The van der Waals surface area contributed by atoms with E-state index >= 15 is 0 Å². The Balaban J connectivity index is 2.66. The molecule has 0 aromatic rings. The van der Waals surface area contributed by atoms with E-state index < -0.39 is 18.4 Å². The monoisotopic (exact) mass is 538 g/mol. The number of allylic oxidation sites excluding steroid dienone is 4. The van der Waals surface area contributed by atoms with Crippen molar-refractivity contribution in [1.82, 2.24) is 0 Å². The zero-order valence-corrected chi connectivity index (χ0v) is 24.9. The maximum atomic E-state index is 10.7. The first-order chi connectivity index (χ1) is 14.8. The first-order valence-corrected chi connectivity index (χ1v) is 21.1. The Hall–Kier alpha value is -0.0213. The van der Waals surface area contributed by atoms with Gasteiger partial charge in [0.1, 0.15) is 0 Å². The number of hydrogen-bond donors (Lipinski definition) is 1. The second-order valence-electron chi connectivity index (χ2n) is 10.9. The van der Waals surface area contributed by atoms with Gasteiger partial charge in [0.2, 0.25) is 0 Å². The molecule has 0 saturated heterocycles. The fraction of sp³-hybridized carbons (Fsp3) is 0.793. The molecule has 0 radical (unpaired) electrons. The molecule has 0 aromatic heterocycles. The molecule has 0 aromatic carbocycles. The van der Waals surface area contributed by atoms with Crippen molar-refractivity contribution in [3.05, 3.63) is 34.5 Å². The van der Waals surface area contributed by atoms with Crippen LogP contribution in [0.5, 0.6) is 0 Å². The summed E-state index contributed by atoms with van der Waals surface area (Å²) in [5.74, 6) is 1.86.